The first kappa shape index (κ1) is 15.1. The highest BCUT2D eigenvalue weighted by Gasteiger charge is 2.65. The van der Waals surface area contributed by atoms with Crippen molar-refractivity contribution in [1.29, 1.82) is 0 Å². The summed E-state index contributed by atoms with van der Waals surface area (Å²) in [6, 6.07) is 0.565. The lowest BCUT2D eigenvalue weighted by molar-refractivity contribution is -0.160. The first-order valence-corrected chi connectivity index (χ1v) is 8.21. The zero-order valence-corrected chi connectivity index (χ0v) is 11.4. The van der Waals surface area contributed by atoms with E-state index < -0.39 is 21.7 Å². The molecule has 2 aliphatic rings. The zero-order valence-electron chi connectivity index (χ0n) is 10.6. The number of unbranched alkanes of at least 4 members (excludes halogenated alkanes) is 1. The lowest BCUT2D eigenvalue weighted by Crippen LogP contribution is -2.48. The second-order valence-corrected chi connectivity index (χ2v) is 7.28. The summed E-state index contributed by atoms with van der Waals surface area (Å²) in [6.07, 6.45) is -1.44. The number of rotatable bonds is 8. The highest BCUT2D eigenvalue weighted by Crippen LogP contribution is 2.49. The SMILES string of the molecule is O=S(=O)(CCCCNC1CC1)NC1(C(F)(F)F)CC1. The predicted octanol–water partition coefficient (Wildman–Crippen LogP) is 1.53. The molecule has 2 rings (SSSR count). The third-order valence-corrected chi connectivity index (χ3v) is 5.02. The molecule has 2 saturated carbocycles. The van der Waals surface area contributed by atoms with Gasteiger partial charge in [-0.15, -0.1) is 0 Å². The van der Waals surface area contributed by atoms with Crippen LogP contribution in [0.3, 0.4) is 0 Å². The van der Waals surface area contributed by atoms with E-state index in [1.165, 1.54) is 0 Å². The van der Waals surface area contributed by atoms with Gasteiger partial charge in [-0.25, -0.2) is 8.42 Å². The van der Waals surface area contributed by atoms with Crippen molar-refractivity contribution >= 4 is 10.0 Å². The van der Waals surface area contributed by atoms with E-state index >= 15 is 0 Å². The summed E-state index contributed by atoms with van der Waals surface area (Å²) in [5, 5.41) is 3.23. The fourth-order valence-electron chi connectivity index (χ4n) is 1.93. The molecular formula is C11H19F3N2O2S. The van der Waals surface area contributed by atoms with Gasteiger partial charge in [-0.2, -0.15) is 17.9 Å². The van der Waals surface area contributed by atoms with Crippen LogP contribution < -0.4 is 10.0 Å². The third-order valence-electron chi connectivity index (χ3n) is 3.49. The molecule has 4 nitrogen and oxygen atoms in total. The van der Waals surface area contributed by atoms with E-state index in [9.17, 15) is 21.6 Å². The van der Waals surface area contributed by atoms with Crippen LogP contribution in [-0.2, 0) is 10.0 Å². The van der Waals surface area contributed by atoms with Crippen LogP contribution in [0.15, 0.2) is 0 Å². The monoisotopic (exact) mass is 300 g/mol. The van der Waals surface area contributed by atoms with Crippen molar-refractivity contribution in [3.8, 4) is 0 Å². The molecule has 0 bridgehead atoms. The molecule has 2 fully saturated rings. The molecule has 0 saturated heterocycles. The summed E-state index contributed by atoms with van der Waals surface area (Å²) in [5.41, 5.74) is -2.18. The number of hydrogen-bond acceptors (Lipinski definition) is 3. The van der Waals surface area contributed by atoms with Crippen LogP contribution in [0.25, 0.3) is 0 Å². The topological polar surface area (TPSA) is 58.2 Å². The van der Waals surface area contributed by atoms with Crippen LogP contribution in [0.1, 0.15) is 38.5 Å². The first-order chi connectivity index (χ1) is 8.74. The first-order valence-electron chi connectivity index (χ1n) is 6.56. The van der Waals surface area contributed by atoms with Gasteiger partial charge in [0.15, 0.2) is 0 Å². The minimum Gasteiger partial charge on any atom is -0.314 e. The smallest absolute Gasteiger partial charge is 0.314 e. The van der Waals surface area contributed by atoms with Gasteiger partial charge in [-0.05, 0) is 45.1 Å². The molecule has 8 heteroatoms. The van der Waals surface area contributed by atoms with Gasteiger partial charge in [0.2, 0.25) is 10.0 Å². The van der Waals surface area contributed by atoms with Crippen LogP contribution in [-0.4, -0.2) is 38.5 Å². The van der Waals surface area contributed by atoms with Crippen molar-refractivity contribution in [3.05, 3.63) is 0 Å². The molecule has 0 aromatic carbocycles. The Bertz CT molecular complexity index is 414. The van der Waals surface area contributed by atoms with Crippen LogP contribution in [0.5, 0.6) is 0 Å². The van der Waals surface area contributed by atoms with E-state index in [1.807, 2.05) is 4.72 Å². The van der Waals surface area contributed by atoms with Gasteiger partial charge in [0, 0.05) is 6.04 Å². The molecule has 0 unspecified atom stereocenters. The van der Waals surface area contributed by atoms with Crippen LogP contribution in [0.2, 0.25) is 0 Å². The summed E-state index contributed by atoms with van der Waals surface area (Å²) < 4.78 is 62.9. The van der Waals surface area contributed by atoms with Crippen LogP contribution in [0, 0.1) is 0 Å². The Balaban J connectivity index is 1.69. The lowest BCUT2D eigenvalue weighted by Gasteiger charge is -2.20. The predicted molar refractivity (Wildman–Crippen MR) is 65.2 cm³/mol. The molecule has 0 aromatic rings. The van der Waals surface area contributed by atoms with Crippen molar-refractivity contribution in [2.45, 2.75) is 56.3 Å². The van der Waals surface area contributed by atoms with E-state index in [-0.39, 0.29) is 18.6 Å². The fourth-order valence-corrected chi connectivity index (χ4v) is 3.53. The van der Waals surface area contributed by atoms with Gasteiger partial charge < -0.3 is 5.32 Å². The fraction of sp³-hybridized carbons (Fsp3) is 1.00. The van der Waals surface area contributed by atoms with E-state index in [2.05, 4.69) is 5.32 Å². The molecule has 0 spiro atoms. The molecule has 0 amide bonds. The number of alkyl halides is 3. The highest BCUT2D eigenvalue weighted by molar-refractivity contribution is 7.89. The summed E-state index contributed by atoms with van der Waals surface area (Å²) in [7, 11) is -3.84. The van der Waals surface area contributed by atoms with Gasteiger partial charge in [-0.1, -0.05) is 0 Å². The van der Waals surface area contributed by atoms with Crippen molar-refractivity contribution < 1.29 is 21.6 Å². The number of sulfonamides is 1. The summed E-state index contributed by atoms with van der Waals surface area (Å²) in [4.78, 5) is 0. The third kappa shape index (κ3) is 4.32. The maximum Gasteiger partial charge on any atom is 0.407 e. The molecule has 2 N–H and O–H groups in total. The molecule has 112 valence electrons. The molecule has 0 aromatic heterocycles. The lowest BCUT2D eigenvalue weighted by atomic mass is 10.3. The van der Waals surface area contributed by atoms with Gasteiger partial charge >= 0.3 is 6.18 Å². The zero-order chi connectivity index (χ0) is 14.1. The number of nitrogens with one attached hydrogen (secondary N) is 2. The average molecular weight is 300 g/mol. The van der Waals surface area contributed by atoms with E-state index in [0.29, 0.717) is 18.9 Å². The van der Waals surface area contributed by atoms with Gasteiger partial charge in [-0.3, -0.25) is 0 Å². The summed E-state index contributed by atoms with van der Waals surface area (Å²) >= 11 is 0. The molecule has 0 heterocycles. The second kappa shape index (κ2) is 5.21. The normalized spacial score (nSPS) is 22.5. The second-order valence-electron chi connectivity index (χ2n) is 5.44. The Morgan fingerprint density at radius 1 is 1.16 bits per heavy atom. The van der Waals surface area contributed by atoms with E-state index in [0.717, 1.165) is 19.4 Å². The van der Waals surface area contributed by atoms with Crippen molar-refractivity contribution in [2.75, 3.05) is 12.3 Å². The van der Waals surface area contributed by atoms with Crippen molar-refractivity contribution in [3.63, 3.8) is 0 Å². The highest BCUT2D eigenvalue weighted by atomic mass is 32.2. The van der Waals surface area contributed by atoms with Gasteiger partial charge in [0.1, 0.15) is 5.54 Å². The minimum atomic E-state index is -4.49. The maximum absolute atomic E-state index is 12.6. The Morgan fingerprint density at radius 3 is 2.26 bits per heavy atom. The molecule has 0 atom stereocenters. The number of halogens is 3. The Labute approximate surface area is 111 Å². The van der Waals surface area contributed by atoms with Crippen molar-refractivity contribution in [1.82, 2.24) is 10.0 Å². The number of hydrogen-bond donors (Lipinski definition) is 2. The molecule has 0 radical (unpaired) electrons. The summed E-state index contributed by atoms with van der Waals surface area (Å²) in [6.45, 7) is 0.727. The van der Waals surface area contributed by atoms with Crippen molar-refractivity contribution in [2.24, 2.45) is 0 Å². The quantitative estimate of drug-likeness (QED) is 0.668. The summed E-state index contributed by atoms with van der Waals surface area (Å²) in [5.74, 6) is -0.239. The van der Waals surface area contributed by atoms with E-state index in [4.69, 9.17) is 0 Å². The van der Waals surface area contributed by atoms with Gasteiger partial charge in [0.25, 0.3) is 0 Å². The average Bonchev–Trinajstić information content (AvgIpc) is 3.09. The largest absolute Gasteiger partial charge is 0.407 e. The molecule has 19 heavy (non-hydrogen) atoms. The Kier molecular flexibility index (Phi) is 4.13. The van der Waals surface area contributed by atoms with Gasteiger partial charge in [0.05, 0.1) is 5.75 Å². The Morgan fingerprint density at radius 2 is 1.79 bits per heavy atom. The van der Waals surface area contributed by atoms with Crippen LogP contribution >= 0.6 is 0 Å². The minimum absolute atomic E-state index is 0.154. The molecular weight excluding hydrogens is 281 g/mol. The standard InChI is InChI=1S/C11H19F3N2O2S/c12-11(13,14)10(5-6-10)16-19(17,18)8-2-1-7-15-9-3-4-9/h9,15-16H,1-8H2. The van der Waals surface area contributed by atoms with Crippen LogP contribution in [0.4, 0.5) is 13.2 Å². The maximum atomic E-state index is 12.6. The molecule has 0 aliphatic heterocycles. The molecule has 2 aliphatic carbocycles. The Hall–Kier alpha value is -0.340. The van der Waals surface area contributed by atoms with E-state index in [1.54, 1.807) is 0 Å².